The molecule has 1 unspecified atom stereocenters. The molecule has 0 N–H and O–H groups in total. The van der Waals surface area contributed by atoms with Gasteiger partial charge in [0.05, 0.1) is 7.11 Å². The van der Waals surface area contributed by atoms with Gasteiger partial charge in [0.25, 0.3) is 0 Å². The van der Waals surface area contributed by atoms with Gasteiger partial charge < -0.3 is 14.2 Å². The van der Waals surface area contributed by atoms with Crippen LogP contribution in [0.15, 0.2) is 18.2 Å². The van der Waals surface area contributed by atoms with E-state index in [1.807, 2.05) is 18.2 Å². The van der Waals surface area contributed by atoms with Gasteiger partial charge in [-0.15, -0.1) is 0 Å². The van der Waals surface area contributed by atoms with Crippen LogP contribution < -0.4 is 9.47 Å². The van der Waals surface area contributed by atoms with Crippen LogP contribution in [0.4, 0.5) is 0 Å². The predicted molar refractivity (Wildman–Crippen MR) is 61.0 cm³/mol. The number of ether oxygens (including phenoxy) is 3. The third-order valence-electron chi connectivity index (χ3n) is 2.31. The molecular weight excluding hydrogens is 276 g/mol. The molecule has 0 saturated carbocycles. The first-order chi connectivity index (χ1) is 7.70. The number of rotatable bonds is 3. The Labute approximate surface area is 102 Å². The van der Waals surface area contributed by atoms with Gasteiger partial charge in [0.15, 0.2) is 11.5 Å². The Morgan fingerprint density at radius 1 is 1.50 bits per heavy atom. The predicted octanol–water partition coefficient (Wildman–Crippen LogP) is 1.89. The lowest BCUT2D eigenvalue weighted by Gasteiger charge is -2.07. The van der Waals surface area contributed by atoms with Crippen molar-refractivity contribution in [1.82, 2.24) is 0 Å². The van der Waals surface area contributed by atoms with E-state index in [-0.39, 0.29) is 17.6 Å². The fourth-order valence-electron chi connectivity index (χ4n) is 1.49. The van der Waals surface area contributed by atoms with Crippen molar-refractivity contribution in [3.63, 3.8) is 0 Å². The highest BCUT2D eigenvalue weighted by Crippen LogP contribution is 2.33. The molecule has 0 amide bonds. The van der Waals surface area contributed by atoms with E-state index < -0.39 is 0 Å². The molecule has 16 heavy (non-hydrogen) atoms. The number of esters is 1. The summed E-state index contributed by atoms with van der Waals surface area (Å²) in [5.41, 5.74) is 0.997. The summed E-state index contributed by atoms with van der Waals surface area (Å²) in [4.78, 5) is 10.9. The topological polar surface area (TPSA) is 44.8 Å². The van der Waals surface area contributed by atoms with E-state index in [2.05, 4.69) is 20.7 Å². The third kappa shape index (κ3) is 2.29. The van der Waals surface area contributed by atoms with Gasteiger partial charge in [0, 0.05) is 0 Å². The Hall–Kier alpha value is -1.23. The Morgan fingerprint density at radius 3 is 3.00 bits per heavy atom. The molecule has 2 rings (SSSR count). The number of benzene rings is 1. The summed E-state index contributed by atoms with van der Waals surface area (Å²) >= 11 is 3.27. The van der Waals surface area contributed by atoms with Crippen LogP contribution in [0.3, 0.4) is 0 Å². The van der Waals surface area contributed by atoms with E-state index in [4.69, 9.17) is 9.47 Å². The number of carbonyl (C=O) groups is 1. The van der Waals surface area contributed by atoms with Gasteiger partial charge in [-0.2, -0.15) is 0 Å². The molecule has 86 valence electrons. The van der Waals surface area contributed by atoms with E-state index in [1.54, 1.807) is 0 Å². The maximum Gasteiger partial charge on any atom is 0.319 e. The molecule has 1 aromatic carbocycles. The molecule has 5 heteroatoms. The van der Waals surface area contributed by atoms with E-state index >= 15 is 0 Å². The van der Waals surface area contributed by atoms with Crippen molar-refractivity contribution in [3.8, 4) is 11.5 Å². The zero-order chi connectivity index (χ0) is 11.5. The Morgan fingerprint density at radius 2 is 2.25 bits per heavy atom. The number of carbonyl (C=O) groups excluding carboxylic acids is 1. The summed E-state index contributed by atoms with van der Waals surface area (Å²) in [5, 5.41) is 0. The molecule has 1 heterocycles. The number of hydrogen-bond acceptors (Lipinski definition) is 4. The van der Waals surface area contributed by atoms with Crippen molar-refractivity contribution in [1.29, 1.82) is 0 Å². The number of methoxy groups -OCH3 is 1. The third-order valence-corrected chi connectivity index (χ3v) is 3.01. The van der Waals surface area contributed by atoms with Gasteiger partial charge in [0.1, 0.15) is 4.83 Å². The molecule has 0 saturated heterocycles. The van der Waals surface area contributed by atoms with Gasteiger partial charge in [-0.25, -0.2) is 0 Å². The van der Waals surface area contributed by atoms with E-state index in [9.17, 15) is 4.79 Å². The molecule has 0 aromatic heterocycles. The molecule has 0 radical (unpaired) electrons. The van der Waals surface area contributed by atoms with Crippen LogP contribution in [-0.2, 0) is 16.0 Å². The van der Waals surface area contributed by atoms with Crippen LogP contribution in [0.5, 0.6) is 11.5 Å². The first kappa shape index (κ1) is 11.3. The second kappa shape index (κ2) is 4.74. The van der Waals surface area contributed by atoms with Crippen molar-refractivity contribution >= 4 is 21.9 Å². The number of fused-ring (bicyclic) bond motifs is 1. The lowest BCUT2D eigenvalue weighted by atomic mass is 10.1. The van der Waals surface area contributed by atoms with Crippen molar-refractivity contribution in [2.45, 2.75) is 11.2 Å². The van der Waals surface area contributed by atoms with E-state index in [0.717, 1.165) is 17.1 Å². The first-order valence-corrected chi connectivity index (χ1v) is 5.72. The summed E-state index contributed by atoms with van der Waals surface area (Å²) in [7, 11) is 1.37. The monoisotopic (exact) mass is 286 g/mol. The Bertz CT molecular complexity index is 405. The molecule has 0 fully saturated rings. The van der Waals surface area contributed by atoms with Crippen molar-refractivity contribution in [3.05, 3.63) is 23.8 Å². The quantitative estimate of drug-likeness (QED) is 0.629. The van der Waals surface area contributed by atoms with Gasteiger partial charge >= 0.3 is 5.97 Å². The summed E-state index contributed by atoms with van der Waals surface area (Å²) < 4.78 is 15.1. The first-order valence-electron chi connectivity index (χ1n) is 4.81. The average Bonchev–Trinajstić information content (AvgIpc) is 2.75. The van der Waals surface area contributed by atoms with Crippen molar-refractivity contribution in [2.75, 3.05) is 13.9 Å². The Balaban J connectivity index is 2.08. The SMILES string of the molecule is COC(=O)C(Br)Cc1ccc2c(c1)OCO2. The fourth-order valence-corrected chi connectivity index (χ4v) is 2.05. The zero-order valence-corrected chi connectivity index (χ0v) is 10.3. The molecule has 1 aromatic rings. The minimum atomic E-state index is -0.335. The Kier molecular flexibility index (Phi) is 3.33. The van der Waals surface area contributed by atoms with Crippen LogP contribution in [-0.4, -0.2) is 24.7 Å². The van der Waals surface area contributed by atoms with Crippen LogP contribution in [0.2, 0.25) is 0 Å². The molecule has 1 aliphatic heterocycles. The minimum Gasteiger partial charge on any atom is -0.468 e. The highest BCUT2D eigenvalue weighted by molar-refractivity contribution is 9.10. The molecule has 1 aliphatic rings. The fraction of sp³-hybridized carbons (Fsp3) is 0.364. The van der Waals surface area contributed by atoms with E-state index in [1.165, 1.54) is 7.11 Å². The van der Waals surface area contributed by atoms with Gasteiger partial charge in [0.2, 0.25) is 6.79 Å². The largest absolute Gasteiger partial charge is 0.468 e. The van der Waals surface area contributed by atoms with Gasteiger partial charge in [-0.1, -0.05) is 22.0 Å². The summed E-state index contributed by atoms with van der Waals surface area (Å²) in [6.07, 6.45) is 0.559. The lowest BCUT2D eigenvalue weighted by Crippen LogP contribution is -2.17. The van der Waals surface area contributed by atoms with Gasteiger partial charge in [-0.3, -0.25) is 4.79 Å². The standard InChI is InChI=1S/C11H11BrO4/c1-14-11(13)8(12)4-7-2-3-9-10(5-7)16-6-15-9/h2-3,5,8H,4,6H2,1H3. The second-order valence-electron chi connectivity index (χ2n) is 3.38. The summed E-state index contributed by atoms with van der Waals surface area (Å²) in [6, 6.07) is 5.62. The second-order valence-corrected chi connectivity index (χ2v) is 4.49. The molecule has 0 aliphatic carbocycles. The normalized spacial score (nSPS) is 14.6. The highest BCUT2D eigenvalue weighted by atomic mass is 79.9. The maximum atomic E-state index is 11.2. The van der Waals surface area contributed by atoms with Crippen LogP contribution >= 0.6 is 15.9 Å². The van der Waals surface area contributed by atoms with Crippen molar-refractivity contribution < 1.29 is 19.0 Å². The molecule has 1 atom stereocenters. The van der Waals surface area contributed by atoms with Crippen LogP contribution in [0.25, 0.3) is 0 Å². The molecule has 0 spiro atoms. The smallest absolute Gasteiger partial charge is 0.319 e. The molecule has 4 nitrogen and oxygen atoms in total. The minimum absolute atomic E-state index is 0.257. The van der Waals surface area contributed by atoms with E-state index in [0.29, 0.717) is 6.42 Å². The van der Waals surface area contributed by atoms with Crippen LogP contribution in [0, 0.1) is 0 Å². The summed E-state index contributed by atoms with van der Waals surface area (Å²) in [6.45, 7) is 0.257. The molecular formula is C11H11BrO4. The highest BCUT2D eigenvalue weighted by Gasteiger charge is 2.18. The number of hydrogen-bond donors (Lipinski definition) is 0. The number of alkyl halides is 1. The molecule has 0 bridgehead atoms. The maximum absolute atomic E-state index is 11.2. The number of halogens is 1. The lowest BCUT2D eigenvalue weighted by molar-refractivity contribution is -0.139. The van der Waals surface area contributed by atoms with Crippen molar-refractivity contribution in [2.24, 2.45) is 0 Å². The summed E-state index contributed by atoms with van der Waals surface area (Å²) in [5.74, 6) is 1.19. The van der Waals surface area contributed by atoms with Crippen LogP contribution in [0.1, 0.15) is 5.56 Å². The average molecular weight is 287 g/mol. The van der Waals surface area contributed by atoms with Gasteiger partial charge in [-0.05, 0) is 24.1 Å². The zero-order valence-electron chi connectivity index (χ0n) is 8.73.